The number of likely N-dealkylation sites (N-methyl/N-ethyl adjacent to an activating group) is 1. The maximum Gasteiger partial charge on any atom is 0.320 e. The van der Waals surface area contributed by atoms with E-state index in [1.165, 1.54) is 18.7 Å². The number of anilines is 2. The van der Waals surface area contributed by atoms with E-state index in [2.05, 4.69) is 10.6 Å². The van der Waals surface area contributed by atoms with E-state index in [0.29, 0.717) is 11.4 Å². The van der Waals surface area contributed by atoms with Crippen LogP contribution in [0.2, 0.25) is 0 Å². The van der Waals surface area contributed by atoms with Crippen LogP contribution in [0.1, 0.15) is 13.8 Å². The summed E-state index contributed by atoms with van der Waals surface area (Å²) in [6.45, 7) is 2.86. The van der Waals surface area contributed by atoms with Crippen molar-refractivity contribution in [3.63, 3.8) is 0 Å². The van der Waals surface area contributed by atoms with Crippen LogP contribution < -0.4 is 10.6 Å². The number of carbonyl (C=O) groups excluding carboxylic acids is 2. The Labute approximate surface area is 135 Å². The van der Waals surface area contributed by atoms with Crippen molar-refractivity contribution in [2.45, 2.75) is 19.9 Å². The number of carbonyl (C=O) groups is 3. The lowest BCUT2D eigenvalue weighted by Gasteiger charge is -2.20. The molecule has 122 valence electrons. The Morgan fingerprint density at radius 3 is 2.27 bits per heavy atom. The lowest BCUT2D eigenvalue weighted by atomic mass is 10.2. The SMILES string of the molecule is CC(=O)Nc1cccc(NC(=O)CN(C)C(C)C(=O)O)c1.Cl. The molecule has 0 radical (unpaired) electrons. The zero-order valence-electron chi connectivity index (χ0n) is 12.6. The highest BCUT2D eigenvalue weighted by Crippen LogP contribution is 2.15. The number of rotatable bonds is 6. The third-order valence-corrected chi connectivity index (χ3v) is 2.88. The standard InChI is InChI=1S/C14H19N3O4.ClH/c1-9(14(20)21)17(3)8-13(19)16-12-6-4-5-11(7-12)15-10(2)18;/h4-7,9H,8H2,1-3H3,(H,15,18)(H,16,19)(H,20,21);1H. The number of carboxylic acid groups (broad SMARTS) is 1. The monoisotopic (exact) mass is 329 g/mol. The van der Waals surface area contributed by atoms with Crippen molar-refractivity contribution in [1.29, 1.82) is 0 Å². The first kappa shape index (κ1) is 19.9. The molecule has 3 N–H and O–H groups in total. The van der Waals surface area contributed by atoms with Gasteiger partial charge in [0.2, 0.25) is 11.8 Å². The molecule has 1 unspecified atom stereocenters. The summed E-state index contributed by atoms with van der Waals surface area (Å²) < 4.78 is 0. The van der Waals surface area contributed by atoms with Gasteiger partial charge in [0.05, 0.1) is 6.54 Å². The van der Waals surface area contributed by atoms with Crippen LogP contribution in [-0.2, 0) is 14.4 Å². The zero-order chi connectivity index (χ0) is 16.0. The quantitative estimate of drug-likeness (QED) is 0.733. The number of nitrogens with zero attached hydrogens (tertiary/aromatic N) is 1. The highest BCUT2D eigenvalue weighted by molar-refractivity contribution is 5.94. The Morgan fingerprint density at radius 2 is 1.77 bits per heavy atom. The van der Waals surface area contributed by atoms with Crippen LogP contribution in [0.5, 0.6) is 0 Å². The predicted octanol–water partition coefficient (Wildman–Crippen LogP) is 1.41. The summed E-state index contributed by atoms with van der Waals surface area (Å²) in [7, 11) is 1.56. The summed E-state index contributed by atoms with van der Waals surface area (Å²) in [6.07, 6.45) is 0. The number of carboxylic acids is 1. The van der Waals surface area contributed by atoms with Gasteiger partial charge in [-0.2, -0.15) is 0 Å². The fraction of sp³-hybridized carbons (Fsp3) is 0.357. The smallest absolute Gasteiger partial charge is 0.320 e. The van der Waals surface area contributed by atoms with E-state index in [1.54, 1.807) is 31.3 Å². The molecule has 8 heteroatoms. The molecule has 1 rings (SSSR count). The molecule has 0 saturated carbocycles. The number of hydrogen-bond donors (Lipinski definition) is 3. The first-order chi connectivity index (χ1) is 9.79. The molecule has 2 amide bonds. The summed E-state index contributed by atoms with van der Waals surface area (Å²) >= 11 is 0. The molecule has 1 atom stereocenters. The van der Waals surface area contributed by atoms with Gasteiger partial charge in [-0.15, -0.1) is 12.4 Å². The first-order valence-corrected chi connectivity index (χ1v) is 6.40. The van der Waals surface area contributed by atoms with E-state index in [9.17, 15) is 14.4 Å². The number of aliphatic carboxylic acids is 1. The Morgan fingerprint density at radius 1 is 1.23 bits per heavy atom. The average molecular weight is 330 g/mol. The molecule has 7 nitrogen and oxygen atoms in total. The molecule has 1 aromatic rings. The van der Waals surface area contributed by atoms with Gasteiger partial charge in [0, 0.05) is 18.3 Å². The zero-order valence-corrected chi connectivity index (χ0v) is 13.4. The van der Waals surface area contributed by atoms with Crippen molar-refractivity contribution >= 4 is 41.6 Å². The number of amides is 2. The summed E-state index contributed by atoms with van der Waals surface area (Å²) in [5.74, 6) is -1.52. The molecule has 0 aliphatic rings. The fourth-order valence-corrected chi connectivity index (χ4v) is 1.63. The van der Waals surface area contributed by atoms with Gasteiger partial charge in [-0.3, -0.25) is 19.3 Å². The minimum atomic E-state index is -0.988. The van der Waals surface area contributed by atoms with Crippen molar-refractivity contribution in [3.05, 3.63) is 24.3 Å². The average Bonchev–Trinajstić information content (AvgIpc) is 2.36. The second kappa shape index (κ2) is 9.01. The van der Waals surface area contributed by atoms with E-state index >= 15 is 0 Å². The highest BCUT2D eigenvalue weighted by Gasteiger charge is 2.19. The topological polar surface area (TPSA) is 98.7 Å². The molecule has 0 spiro atoms. The molecule has 0 saturated heterocycles. The molecule has 0 bridgehead atoms. The van der Waals surface area contributed by atoms with E-state index in [0.717, 1.165) is 0 Å². The first-order valence-electron chi connectivity index (χ1n) is 6.40. The minimum absolute atomic E-state index is 0. The van der Waals surface area contributed by atoms with Crippen LogP contribution in [0.25, 0.3) is 0 Å². The molecule has 0 aliphatic carbocycles. The number of nitrogens with one attached hydrogen (secondary N) is 2. The van der Waals surface area contributed by atoms with Gasteiger partial charge in [-0.25, -0.2) is 0 Å². The predicted molar refractivity (Wildman–Crippen MR) is 86.4 cm³/mol. The van der Waals surface area contributed by atoms with E-state index in [-0.39, 0.29) is 30.8 Å². The summed E-state index contributed by atoms with van der Waals surface area (Å²) in [5.41, 5.74) is 1.11. The van der Waals surface area contributed by atoms with Gasteiger partial charge in [-0.05, 0) is 32.2 Å². The van der Waals surface area contributed by atoms with Crippen molar-refractivity contribution in [1.82, 2.24) is 4.90 Å². The molecule has 1 aromatic carbocycles. The Balaban J connectivity index is 0.00000441. The Kier molecular flexibility index (Phi) is 8.14. The Hall–Kier alpha value is -2.12. The van der Waals surface area contributed by atoms with Crippen LogP contribution in [-0.4, -0.2) is 47.4 Å². The molecular weight excluding hydrogens is 310 g/mol. The van der Waals surface area contributed by atoms with Crippen LogP contribution in [0.15, 0.2) is 24.3 Å². The van der Waals surface area contributed by atoms with Crippen LogP contribution in [0, 0.1) is 0 Å². The van der Waals surface area contributed by atoms with E-state index in [4.69, 9.17) is 5.11 Å². The largest absolute Gasteiger partial charge is 0.480 e. The van der Waals surface area contributed by atoms with Gasteiger partial charge >= 0.3 is 5.97 Å². The Bertz CT molecular complexity index is 551. The van der Waals surface area contributed by atoms with Crippen molar-refractivity contribution in [2.24, 2.45) is 0 Å². The van der Waals surface area contributed by atoms with Crippen molar-refractivity contribution < 1.29 is 19.5 Å². The van der Waals surface area contributed by atoms with Crippen LogP contribution in [0.4, 0.5) is 11.4 Å². The number of halogens is 1. The fourth-order valence-electron chi connectivity index (χ4n) is 1.63. The number of hydrogen-bond acceptors (Lipinski definition) is 4. The summed E-state index contributed by atoms with van der Waals surface area (Å²) in [6, 6.07) is 5.96. The third-order valence-electron chi connectivity index (χ3n) is 2.88. The maximum atomic E-state index is 11.9. The second-order valence-corrected chi connectivity index (χ2v) is 4.74. The van der Waals surface area contributed by atoms with Gasteiger partial charge in [0.15, 0.2) is 0 Å². The van der Waals surface area contributed by atoms with E-state index in [1.807, 2.05) is 0 Å². The highest BCUT2D eigenvalue weighted by atomic mass is 35.5. The number of benzene rings is 1. The third kappa shape index (κ3) is 6.55. The summed E-state index contributed by atoms with van der Waals surface area (Å²) in [5, 5.41) is 14.1. The maximum absolute atomic E-state index is 11.9. The minimum Gasteiger partial charge on any atom is -0.480 e. The molecule has 0 aliphatic heterocycles. The summed E-state index contributed by atoms with van der Waals surface area (Å²) in [4.78, 5) is 35.1. The van der Waals surface area contributed by atoms with E-state index < -0.39 is 12.0 Å². The normalized spacial score (nSPS) is 11.3. The molecule has 0 aromatic heterocycles. The van der Waals surface area contributed by atoms with Crippen molar-refractivity contribution in [3.8, 4) is 0 Å². The molecule has 22 heavy (non-hydrogen) atoms. The molecule has 0 fully saturated rings. The lowest BCUT2D eigenvalue weighted by Crippen LogP contribution is -2.40. The van der Waals surface area contributed by atoms with Crippen LogP contribution in [0.3, 0.4) is 0 Å². The second-order valence-electron chi connectivity index (χ2n) is 4.74. The van der Waals surface area contributed by atoms with Crippen LogP contribution >= 0.6 is 12.4 Å². The van der Waals surface area contributed by atoms with Gasteiger partial charge in [0.1, 0.15) is 6.04 Å². The van der Waals surface area contributed by atoms with Gasteiger partial charge < -0.3 is 15.7 Å². The van der Waals surface area contributed by atoms with Gasteiger partial charge in [0.25, 0.3) is 0 Å². The lowest BCUT2D eigenvalue weighted by molar-refractivity contribution is -0.142. The van der Waals surface area contributed by atoms with Crippen molar-refractivity contribution in [2.75, 3.05) is 24.2 Å². The molecular formula is C14H20ClN3O4. The van der Waals surface area contributed by atoms with Gasteiger partial charge in [-0.1, -0.05) is 6.07 Å². The molecule has 0 heterocycles.